The van der Waals surface area contributed by atoms with E-state index >= 15 is 0 Å². The van der Waals surface area contributed by atoms with Gasteiger partial charge in [-0.15, -0.1) is 0 Å². The first kappa shape index (κ1) is 23.4. The highest BCUT2D eigenvalue weighted by atomic mass is 79.9. The van der Waals surface area contributed by atoms with Crippen LogP contribution in [0.3, 0.4) is 0 Å². The second-order valence-corrected chi connectivity index (χ2v) is 8.94. The molecule has 2 aromatic carbocycles. The molecule has 29 heavy (non-hydrogen) atoms. The van der Waals surface area contributed by atoms with E-state index in [2.05, 4.69) is 15.9 Å². The Balaban J connectivity index is 2.28. The molecule has 2 N–H and O–H groups in total. The Morgan fingerprint density at radius 2 is 1.69 bits per heavy atom. The second kappa shape index (κ2) is 9.74. The molecule has 0 aliphatic rings. The van der Waals surface area contributed by atoms with E-state index in [1.165, 1.54) is 7.11 Å². The van der Waals surface area contributed by atoms with Crippen LogP contribution in [0.25, 0.3) is 0 Å². The number of halogens is 1. The van der Waals surface area contributed by atoms with E-state index in [0.717, 1.165) is 10.0 Å². The molecule has 2 atom stereocenters. The molecule has 0 saturated carbocycles. The first-order chi connectivity index (χ1) is 13.6. The van der Waals surface area contributed by atoms with Crippen molar-refractivity contribution in [3.05, 3.63) is 70.2 Å². The molecular weight excluding hydrogens is 434 g/mol. The summed E-state index contributed by atoms with van der Waals surface area (Å²) in [6.07, 6.45) is -0.0538. The van der Waals surface area contributed by atoms with E-state index in [0.29, 0.717) is 5.56 Å². The summed E-state index contributed by atoms with van der Waals surface area (Å²) in [7, 11) is 1.35. The number of aliphatic hydroxyl groups is 2. The fourth-order valence-corrected chi connectivity index (χ4v) is 3.85. The molecule has 6 heteroatoms. The van der Waals surface area contributed by atoms with Gasteiger partial charge in [-0.1, -0.05) is 58.4 Å². The molecule has 1 unspecified atom stereocenters. The van der Waals surface area contributed by atoms with Crippen LogP contribution in [0.4, 0.5) is 4.79 Å². The molecule has 0 radical (unpaired) electrons. The number of carbonyl (C=O) groups is 1. The summed E-state index contributed by atoms with van der Waals surface area (Å²) in [5.74, 6) is 0. The number of rotatable bonds is 8. The number of carbonyl (C=O) groups excluding carboxylic acids is 1. The maximum Gasteiger partial charge on any atom is 0.409 e. The Labute approximate surface area is 181 Å². The van der Waals surface area contributed by atoms with Gasteiger partial charge in [-0.3, -0.25) is 0 Å². The molecule has 2 rings (SSSR count). The quantitative estimate of drug-likeness (QED) is 0.576. The number of methoxy groups -OCH3 is 1. The summed E-state index contributed by atoms with van der Waals surface area (Å²) in [6, 6.07) is 16.8. The molecule has 0 saturated heterocycles. The average molecular weight is 464 g/mol. The summed E-state index contributed by atoms with van der Waals surface area (Å²) in [4.78, 5) is 14.1. The Morgan fingerprint density at radius 3 is 2.21 bits per heavy atom. The van der Waals surface area contributed by atoms with Crippen molar-refractivity contribution in [3.8, 4) is 0 Å². The minimum atomic E-state index is -1.29. The minimum Gasteiger partial charge on any atom is -0.453 e. The first-order valence-corrected chi connectivity index (χ1v) is 10.5. The van der Waals surface area contributed by atoms with Crippen LogP contribution in [0, 0.1) is 0 Å². The Bertz CT molecular complexity index is 789. The summed E-state index contributed by atoms with van der Waals surface area (Å²) in [5.41, 5.74) is -0.684. The van der Waals surface area contributed by atoms with Gasteiger partial charge in [0.05, 0.1) is 24.4 Å². The van der Waals surface area contributed by atoms with Gasteiger partial charge in [0, 0.05) is 17.4 Å². The standard InChI is InChI=1S/C23H30BrNO4/c1-17(18-10-12-20(24)13-11-18)25(21(26)29-4)15-14-23(28,16-22(2,3)27)19-8-6-5-7-9-19/h5-13,17,27-28H,14-16H2,1-4H3/t17-,23?/m0/s1. The third kappa shape index (κ3) is 6.56. The van der Waals surface area contributed by atoms with Gasteiger partial charge in [0.25, 0.3) is 0 Å². The molecule has 0 bridgehead atoms. The highest BCUT2D eigenvalue weighted by Gasteiger charge is 2.36. The molecule has 0 aliphatic heterocycles. The fraction of sp³-hybridized carbons (Fsp3) is 0.435. The fourth-order valence-electron chi connectivity index (χ4n) is 3.59. The predicted molar refractivity (Wildman–Crippen MR) is 118 cm³/mol. The largest absolute Gasteiger partial charge is 0.453 e. The van der Waals surface area contributed by atoms with Gasteiger partial charge in [-0.25, -0.2) is 4.79 Å². The zero-order valence-corrected chi connectivity index (χ0v) is 19.0. The van der Waals surface area contributed by atoms with E-state index in [9.17, 15) is 15.0 Å². The van der Waals surface area contributed by atoms with Crippen molar-refractivity contribution in [1.82, 2.24) is 4.90 Å². The lowest BCUT2D eigenvalue weighted by molar-refractivity contribution is -0.0602. The third-order valence-electron chi connectivity index (χ3n) is 5.03. The number of amides is 1. The Hall–Kier alpha value is -1.89. The maximum absolute atomic E-state index is 12.5. The molecule has 0 heterocycles. The maximum atomic E-state index is 12.5. The topological polar surface area (TPSA) is 70.0 Å². The minimum absolute atomic E-state index is 0.145. The summed E-state index contributed by atoms with van der Waals surface area (Å²) in [5, 5.41) is 21.8. The summed E-state index contributed by atoms with van der Waals surface area (Å²) in [6.45, 7) is 5.54. The molecule has 2 aromatic rings. The SMILES string of the molecule is COC(=O)N(CCC(O)(CC(C)(C)O)c1ccccc1)[C@@H](C)c1ccc(Br)cc1. The second-order valence-electron chi connectivity index (χ2n) is 8.03. The van der Waals surface area contributed by atoms with Gasteiger partial charge in [0.2, 0.25) is 0 Å². The lowest BCUT2D eigenvalue weighted by Crippen LogP contribution is -2.41. The van der Waals surface area contributed by atoms with Crippen molar-refractivity contribution >= 4 is 22.0 Å². The van der Waals surface area contributed by atoms with Crippen LogP contribution >= 0.6 is 15.9 Å². The van der Waals surface area contributed by atoms with Gasteiger partial charge in [0.15, 0.2) is 0 Å². The molecule has 158 valence electrons. The zero-order chi connectivity index (χ0) is 21.7. The van der Waals surface area contributed by atoms with Crippen LogP contribution < -0.4 is 0 Å². The number of hydrogen-bond donors (Lipinski definition) is 2. The van der Waals surface area contributed by atoms with Crippen LogP contribution in [0.5, 0.6) is 0 Å². The van der Waals surface area contributed by atoms with Crippen molar-refractivity contribution in [2.24, 2.45) is 0 Å². The summed E-state index contributed by atoms with van der Waals surface area (Å²) < 4.78 is 5.96. The third-order valence-corrected chi connectivity index (χ3v) is 5.56. The predicted octanol–water partition coefficient (Wildman–Crippen LogP) is 5.02. The van der Waals surface area contributed by atoms with Gasteiger partial charge >= 0.3 is 6.09 Å². The average Bonchev–Trinajstić information content (AvgIpc) is 2.67. The Morgan fingerprint density at radius 1 is 1.10 bits per heavy atom. The number of ether oxygens (including phenoxy) is 1. The molecule has 0 aliphatic carbocycles. The van der Waals surface area contributed by atoms with E-state index in [1.807, 2.05) is 61.5 Å². The number of hydrogen-bond acceptors (Lipinski definition) is 4. The lowest BCUT2D eigenvalue weighted by atomic mass is 9.81. The van der Waals surface area contributed by atoms with Crippen molar-refractivity contribution in [3.63, 3.8) is 0 Å². The monoisotopic (exact) mass is 463 g/mol. The van der Waals surface area contributed by atoms with Gasteiger partial charge in [-0.05, 0) is 50.5 Å². The molecule has 0 fully saturated rings. The van der Waals surface area contributed by atoms with Crippen molar-refractivity contribution in [1.29, 1.82) is 0 Å². The normalized spacial score (nSPS) is 14.7. The number of nitrogens with zero attached hydrogens (tertiary/aromatic N) is 1. The lowest BCUT2D eigenvalue weighted by Gasteiger charge is -2.37. The van der Waals surface area contributed by atoms with Crippen LogP contribution in [0.1, 0.15) is 50.8 Å². The van der Waals surface area contributed by atoms with Gasteiger partial charge in [0.1, 0.15) is 0 Å². The van der Waals surface area contributed by atoms with Crippen LogP contribution in [-0.2, 0) is 10.3 Å². The van der Waals surface area contributed by atoms with Crippen LogP contribution in [-0.4, -0.2) is 40.5 Å². The number of benzene rings is 2. The van der Waals surface area contributed by atoms with Crippen LogP contribution in [0.15, 0.2) is 59.1 Å². The highest BCUT2D eigenvalue weighted by molar-refractivity contribution is 9.10. The molecule has 0 aromatic heterocycles. The zero-order valence-electron chi connectivity index (χ0n) is 17.4. The smallest absolute Gasteiger partial charge is 0.409 e. The van der Waals surface area contributed by atoms with E-state index in [4.69, 9.17) is 4.74 Å². The van der Waals surface area contributed by atoms with E-state index in [1.54, 1.807) is 18.7 Å². The van der Waals surface area contributed by atoms with Crippen molar-refractivity contribution < 1.29 is 19.7 Å². The molecule has 1 amide bonds. The Kier molecular flexibility index (Phi) is 7.86. The highest BCUT2D eigenvalue weighted by Crippen LogP contribution is 2.35. The van der Waals surface area contributed by atoms with Gasteiger partial charge < -0.3 is 19.8 Å². The summed E-state index contributed by atoms with van der Waals surface area (Å²) >= 11 is 3.42. The van der Waals surface area contributed by atoms with E-state index < -0.39 is 17.3 Å². The molecule has 0 spiro atoms. The van der Waals surface area contributed by atoms with E-state index in [-0.39, 0.29) is 25.4 Å². The molecule has 5 nitrogen and oxygen atoms in total. The van der Waals surface area contributed by atoms with Crippen molar-refractivity contribution in [2.75, 3.05) is 13.7 Å². The van der Waals surface area contributed by atoms with Crippen molar-refractivity contribution in [2.45, 2.75) is 50.9 Å². The van der Waals surface area contributed by atoms with Crippen LogP contribution in [0.2, 0.25) is 0 Å². The van der Waals surface area contributed by atoms with Gasteiger partial charge in [-0.2, -0.15) is 0 Å². The molecular formula is C23H30BrNO4. The first-order valence-electron chi connectivity index (χ1n) is 9.66.